The van der Waals surface area contributed by atoms with E-state index in [0.717, 1.165) is 16.9 Å². The van der Waals surface area contributed by atoms with E-state index in [9.17, 15) is 9.90 Å². The molecule has 0 aliphatic rings. The molecule has 0 atom stereocenters. The number of methoxy groups -OCH3 is 1. The van der Waals surface area contributed by atoms with Gasteiger partial charge in [-0.1, -0.05) is 42.5 Å². The van der Waals surface area contributed by atoms with Crippen molar-refractivity contribution in [3.63, 3.8) is 0 Å². The first-order valence-electron chi connectivity index (χ1n) is 10.3. The van der Waals surface area contributed by atoms with E-state index in [1.165, 1.54) is 0 Å². The van der Waals surface area contributed by atoms with E-state index >= 15 is 0 Å². The Labute approximate surface area is 189 Å². The number of fused-ring (bicyclic) bond motifs is 1. The molecule has 0 bridgehead atoms. The molecule has 3 aromatic carbocycles. The number of nitrogens with one attached hydrogen (secondary N) is 1. The Bertz CT molecular complexity index is 1450. The molecule has 8 heteroatoms. The molecule has 1 amide bonds. The fourth-order valence-electron chi connectivity index (χ4n) is 3.79. The first-order chi connectivity index (χ1) is 16.0. The summed E-state index contributed by atoms with van der Waals surface area (Å²) >= 11 is 0. The van der Waals surface area contributed by atoms with Crippen molar-refractivity contribution in [2.24, 2.45) is 5.73 Å². The quantitative estimate of drug-likeness (QED) is 0.370. The lowest BCUT2D eigenvalue weighted by Crippen LogP contribution is -2.10. The third-order valence-electron chi connectivity index (χ3n) is 5.46. The third-order valence-corrected chi connectivity index (χ3v) is 5.46. The van der Waals surface area contributed by atoms with Crippen molar-refractivity contribution < 1.29 is 14.6 Å². The maximum absolute atomic E-state index is 11.5. The van der Waals surface area contributed by atoms with Crippen LogP contribution >= 0.6 is 0 Å². The number of amides is 1. The van der Waals surface area contributed by atoms with Crippen molar-refractivity contribution >= 4 is 16.9 Å². The lowest BCUT2D eigenvalue weighted by atomic mass is 10.1. The Morgan fingerprint density at radius 3 is 2.55 bits per heavy atom. The number of carbonyl (C=O) groups excluding carboxylic acids is 1. The van der Waals surface area contributed by atoms with E-state index in [1.807, 2.05) is 54.6 Å². The molecule has 0 aliphatic heterocycles. The number of carbonyl (C=O) groups is 1. The minimum Gasteiger partial charge on any atom is -0.504 e. The summed E-state index contributed by atoms with van der Waals surface area (Å²) in [5.74, 6) is 0.661. The molecule has 0 radical (unpaired) electrons. The number of aromatic hydroxyl groups is 1. The summed E-state index contributed by atoms with van der Waals surface area (Å²) in [5.41, 5.74) is 9.76. The highest BCUT2D eigenvalue weighted by Gasteiger charge is 2.22. The number of benzene rings is 3. The van der Waals surface area contributed by atoms with Crippen LogP contribution in [0.2, 0.25) is 0 Å². The number of H-pyrrole nitrogens is 1. The van der Waals surface area contributed by atoms with Gasteiger partial charge < -0.3 is 20.6 Å². The molecular weight excluding hydrogens is 418 g/mol. The molecule has 0 aliphatic carbocycles. The van der Waals surface area contributed by atoms with E-state index in [2.05, 4.69) is 9.97 Å². The molecule has 2 aromatic heterocycles. The van der Waals surface area contributed by atoms with Gasteiger partial charge in [-0.25, -0.2) is 4.98 Å². The van der Waals surface area contributed by atoms with Gasteiger partial charge in [-0.2, -0.15) is 5.10 Å². The molecule has 0 unspecified atom stereocenters. The number of rotatable bonds is 6. The van der Waals surface area contributed by atoms with Crippen molar-refractivity contribution in [1.82, 2.24) is 19.7 Å². The second-order valence-electron chi connectivity index (χ2n) is 7.60. The second-order valence-corrected chi connectivity index (χ2v) is 7.60. The normalized spacial score (nSPS) is 11.1. The van der Waals surface area contributed by atoms with Crippen molar-refractivity contribution in [3.05, 3.63) is 83.9 Å². The molecule has 0 saturated carbocycles. The molecule has 0 fully saturated rings. The molecule has 2 heterocycles. The number of hydrogen-bond acceptors (Lipinski definition) is 5. The molecule has 33 heavy (non-hydrogen) atoms. The van der Waals surface area contributed by atoms with Crippen LogP contribution in [0.4, 0.5) is 0 Å². The van der Waals surface area contributed by atoms with Gasteiger partial charge in [0, 0.05) is 11.1 Å². The number of nitrogens with two attached hydrogens (primary N) is 1. The van der Waals surface area contributed by atoms with Crippen molar-refractivity contribution in [1.29, 1.82) is 0 Å². The van der Waals surface area contributed by atoms with Crippen molar-refractivity contribution in [3.8, 4) is 34.3 Å². The Hall–Kier alpha value is -4.59. The summed E-state index contributed by atoms with van der Waals surface area (Å²) < 4.78 is 7.00. The summed E-state index contributed by atoms with van der Waals surface area (Å²) in [6.45, 7) is 0.438. The molecule has 0 spiro atoms. The van der Waals surface area contributed by atoms with Gasteiger partial charge in [0.15, 0.2) is 17.3 Å². The second kappa shape index (κ2) is 8.16. The van der Waals surface area contributed by atoms with Crippen LogP contribution in [0.3, 0.4) is 0 Å². The lowest BCUT2D eigenvalue weighted by Gasteiger charge is -2.09. The van der Waals surface area contributed by atoms with Gasteiger partial charge in [0.1, 0.15) is 11.4 Å². The Balaban J connectivity index is 1.62. The number of hydrogen-bond donors (Lipinski definition) is 3. The van der Waals surface area contributed by atoms with E-state index in [1.54, 1.807) is 30.0 Å². The topological polar surface area (TPSA) is 119 Å². The zero-order valence-electron chi connectivity index (χ0n) is 17.8. The van der Waals surface area contributed by atoms with Crippen LogP contribution in [0.15, 0.2) is 72.8 Å². The number of imidazole rings is 1. The van der Waals surface area contributed by atoms with E-state index in [4.69, 9.17) is 15.6 Å². The van der Waals surface area contributed by atoms with Crippen molar-refractivity contribution in [2.45, 2.75) is 6.54 Å². The van der Waals surface area contributed by atoms with Crippen LogP contribution in [0, 0.1) is 0 Å². The van der Waals surface area contributed by atoms with Crippen LogP contribution in [0.25, 0.3) is 33.8 Å². The average molecular weight is 439 g/mol. The Morgan fingerprint density at radius 1 is 1.09 bits per heavy atom. The van der Waals surface area contributed by atoms with Gasteiger partial charge in [-0.15, -0.1) is 0 Å². The molecule has 4 N–H and O–H groups in total. The molecular formula is C25H21N5O3. The van der Waals surface area contributed by atoms with E-state index in [-0.39, 0.29) is 5.75 Å². The maximum Gasteiger partial charge on any atom is 0.248 e. The molecule has 5 aromatic rings. The smallest absolute Gasteiger partial charge is 0.248 e. The summed E-state index contributed by atoms with van der Waals surface area (Å²) in [6, 6.07) is 22.2. The van der Waals surface area contributed by atoms with Gasteiger partial charge in [0.2, 0.25) is 5.91 Å². The van der Waals surface area contributed by atoms with Crippen LogP contribution in [0.1, 0.15) is 15.9 Å². The highest BCUT2D eigenvalue weighted by Crippen LogP contribution is 2.38. The van der Waals surface area contributed by atoms with Crippen molar-refractivity contribution in [2.75, 3.05) is 7.11 Å². The van der Waals surface area contributed by atoms with Gasteiger partial charge >= 0.3 is 0 Å². The van der Waals surface area contributed by atoms with Gasteiger partial charge in [-0.05, 0) is 35.9 Å². The van der Waals surface area contributed by atoms with Gasteiger partial charge in [-0.3, -0.25) is 9.48 Å². The average Bonchev–Trinajstić information content (AvgIpc) is 3.40. The first kappa shape index (κ1) is 20.3. The summed E-state index contributed by atoms with van der Waals surface area (Å²) in [5, 5.41) is 15.9. The standard InChI is InChI=1S/C25H21N5O3/c1-33-18-10-7-15(8-11-18)14-30-22(16-5-3-2-4-6-16)23(31)21(29-30)25-27-19-12-9-17(24(26)32)13-20(19)28-25/h2-13,31H,14H2,1H3,(H2,26,32)(H,27,28). The molecule has 5 rings (SSSR count). The highest BCUT2D eigenvalue weighted by atomic mass is 16.5. The van der Waals surface area contributed by atoms with Gasteiger partial charge in [0.25, 0.3) is 0 Å². The van der Waals surface area contributed by atoms with E-state index in [0.29, 0.717) is 40.4 Å². The summed E-state index contributed by atoms with van der Waals surface area (Å²) in [7, 11) is 1.63. The third kappa shape index (κ3) is 3.78. The predicted octanol–water partition coefficient (Wildman–Crippen LogP) is 3.95. The summed E-state index contributed by atoms with van der Waals surface area (Å²) in [4.78, 5) is 19.2. The van der Waals surface area contributed by atoms with Crippen LogP contribution < -0.4 is 10.5 Å². The fourth-order valence-corrected chi connectivity index (χ4v) is 3.79. The zero-order valence-corrected chi connectivity index (χ0v) is 17.8. The monoisotopic (exact) mass is 439 g/mol. The van der Waals surface area contributed by atoms with E-state index < -0.39 is 5.91 Å². The SMILES string of the molecule is COc1ccc(Cn2nc(-c3nc4ccc(C(N)=O)cc4[nH]3)c(O)c2-c2ccccc2)cc1. The predicted molar refractivity (Wildman–Crippen MR) is 125 cm³/mol. The highest BCUT2D eigenvalue weighted by molar-refractivity contribution is 5.96. The molecule has 0 saturated heterocycles. The number of aromatic nitrogens is 4. The number of nitrogens with zero attached hydrogens (tertiary/aromatic N) is 3. The molecule has 164 valence electrons. The summed E-state index contributed by atoms with van der Waals surface area (Å²) in [6.07, 6.45) is 0. The largest absolute Gasteiger partial charge is 0.504 e. The number of primary amides is 1. The van der Waals surface area contributed by atoms with Gasteiger partial charge in [0.05, 0.1) is 24.7 Å². The lowest BCUT2D eigenvalue weighted by molar-refractivity contribution is 0.100. The maximum atomic E-state index is 11.5. The Morgan fingerprint density at radius 2 is 1.85 bits per heavy atom. The minimum absolute atomic E-state index is 0.0175. The zero-order chi connectivity index (χ0) is 22.9. The fraction of sp³-hybridized carbons (Fsp3) is 0.0800. The van der Waals surface area contributed by atoms with Crippen LogP contribution in [-0.4, -0.2) is 37.9 Å². The van der Waals surface area contributed by atoms with Crippen LogP contribution in [0.5, 0.6) is 11.5 Å². The minimum atomic E-state index is -0.522. The number of aromatic amines is 1. The molecule has 8 nitrogen and oxygen atoms in total. The Kier molecular flexibility index (Phi) is 5.02. The number of ether oxygens (including phenoxy) is 1. The first-order valence-corrected chi connectivity index (χ1v) is 10.3. The van der Waals surface area contributed by atoms with Crippen LogP contribution in [-0.2, 0) is 6.54 Å².